The summed E-state index contributed by atoms with van der Waals surface area (Å²) in [4.78, 5) is 2.37. The zero-order valence-electron chi connectivity index (χ0n) is 26.1. The van der Waals surface area contributed by atoms with Crippen LogP contribution in [0.25, 0.3) is 76.2 Å². The molecule has 0 radical (unpaired) electrons. The standard InChI is InChI=1S/C46H29NO/c1-2-9-30(10-3-1)33-14-8-15-37(25-33)47(39-22-24-44-43(29-39)42-27-34-12-4-5-13-35(34)28-45(42)48-44)38-21-23-41-36(26-38)20-19-32-18-17-31-11-6-7-16-40(31)46(32)41/h1-29H. The topological polar surface area (TPSA) is 16.4 Å². The molecule has 0 aliphatic heterocycles. The molecule has 9 aromatic carbocycles. The fourth-order valence-electron chi connectivity index (χ4n) is 7.45. The lowest BCUT2D eigenvalue weighted by Gasteiger charge is -2.26. The molecule has 0 aliphatic rings. The van der Waals surface area contributed by atoms with E-state index in [1.165, 1.54) is 54.2 Å². The molecule has 0 aliphatic carbocycles. The average Bonchev–Trinajstić information content (AvgIpc) is 3.50. The van der Waals surface area contributed by atoms with Gasteiger partial charge in [-0.05, 0) is 109 Å². The zero-order valence-corrected chi connectivity index (χ0v) is 26.1. The van der Waals surface area contributed by atoms with Crippen molar-refractivity contribution in [2.24, 2.45) is 0 Å². The summed E-state index contributed by atoms with van der Waals surface area (Å²) >= 11 is 0. The smallest absolute Gasteiger partial charge is 0.136 e. The average molecular weight is 612 g/mol. The Hall–Kier alpha value is -6.38. The van der Waals surface area contributed by atoms with Crippen LogP contribution in [-0.4, -0.2) is 0 Å². The Labute approximate surface area is 277 Å². The van der Waals surface area contributed by atoms with Crippen LogP contribution in [0.1, 0.15) is 0 Å². The first-order valence-electron chi connectivity index (χ1n) is 16.4. The molecule has 48 heavy (non-hydrogen) atoms. The molecule has 224 valence electrons. The third kappa shape index (κ3) is 4.27. The third-order valence-electron chi connectivity index (χ3n) is 9.76. The molecular weight excluding hydrogens is 583 g/mol. The molecule has 10 aromatic rings. The van der Waals surface area contributed by atoms with Gasteiger partial charge in [0.05, 0.1) is 0 Å². The van der Waals surface area contributed by atoms with Crippen LogP contribution in [0.2, 0.25) is 0 Å². The first-order chi connectivity index (χ1) is 23.8. The summed E-state index contributed by atoms with van der Waals surface area (Å²) in [7, 11) is 0. The van der Waals surface area contributed by atoms with Crippen molar-refractivity contribution in [3.63, 3.8) is 0 Å². The highest BCUT2D eigenvalue weighted by atomic mass is 16.3. The lowest BCUT2D eigenvalue weighted by molar-refractivity contribution is 0.669. The molecule has 1 heterocycles. The monoisotopic (exact) mass is 611 g/mol. The summed E-state index contributed by atoms with van der Waals surface area (Å²) in [5, 5.41) is 12.2. The molecule has 0 unspecified atom stereocenters. The van der Waals surface area contributed by atoms with E-state index in [9.17, 15) is 0 Å². The highest BCUT2D eigenvalue weighted by Crippen LogP contribution is 2.42. The van der Waals surface area contributed by atoms with Crippen LogP contribution in [0.3, 0.4) is 0 Å². The molecular formula is C46H29NO. The van der Waals surface area contributed by atoms with Crippen molar-refractivity contribution >= 4 is 82.1 Å². The van der Waals surface area contributed by atoms with Crippen LogP contribution in [0.4, 0.5) is 17.1 Å². The van der Waals surface area contributed by atoms with E-state index in [0.717, 1.165) is 39.0 Å². The van der Waals surface area contributed by atoms with Gasteiger partial charge < -0.3 is 9.32 Å². The zero-order chi connectivity index (χ0) is 31.6. The van der Waals surface area contributed by atoms with Gasteiger partial charge in [-0.15, -0.1) is 0 Å². The van der Waals surface area contributed by atoms with E-state index in [4.69, 9.17) is 4.42 Å². The summed E-state index contributed by atoms with van der Waals surface area (Å²) in [5.74, 6) is 0. The molecule has 0 N–H and O–H groups in total. The van der Waals surface area contributed by atoms with E-state index in [2.05, 4.69) is 181 Å². The van der Waals surface area contributed by atoms with Crippen molar-refractivity contribution in [1.29, 1.82) is 0 Å². The predicted molar refractivity (Wildman–Crippen MR) is 204 cm³/mol. The van der Waals surface area contributed by atoms with Gasteiger partial charge in [-0.1, -0.05) is 121 Å². The van der Waals surface area contributed by atoms with Crippen molar-refractivity contribution < 1.29 is 4.42 Å². The number of nitrogens with zero attached hydrogens (tertiary/aromatic N) is 1. The fraction of sp³-hybridized carbons (Fsp3) is 0. The van der Waals surface area contributed by atoms with Gasteiger partial charge in [0.25, 0.3) is 0 Å². The van der Waals surface area contributed by atoms with Gasteiger partial charge in [-0.25, -0.2) is 0 Å². The van der Waals surface area contributed by atoms with E-state index in [1.807, 2.05) is 0 Å². The number of hydrogen-bond acceptors (Lipinski definition) is 2. The normalized spacial score (nSPS) is 11.8. The minimum Gasteiger partial charge on any atom is -0.456 e. The van der Waals surface area contributed by atoms with Gasteiger partial charge in [-0.3, -0.25) is 0 Å². The lowest BCUT2D eigenvalue weighted by Crippen LogP contribution is -2.10. The predicted octanol–water partition coefficient (Wildman–Crippen LogP) is 13.3. The molecule has 1 aromatic heterocycles. The highest BCUT2D eigenvalue weighted by Gasteiger charge is 2.18. The maximum Gasteiger partial charge on any atom is 0.136 e. The minimum absolute atomic E-state index is 0.888. The third-order valence-corrected chi connectivity index (χ3v) is 9.76. The van der Waals surface area contributed by atoms with Gasteiger partial charge in [-0.2, -0.15) is 0 Å². The number of furan rings is 1. The van der Waals surface area contributed by atoms with E-state index in [1.54, 1.807) is 0 Å². The van der Waals surface area contributed by atoms with Crippen molar-refractivity contribution in [3.05, 3.63) is 176 Å². The van der Waals surface area contributed by atoms with Crippen LogP contribution in [0, 0.1) is 0 Å². The SMILES string of the molecule is c1ccc(-c2cccc(N(c3ccc4c(ccc5ccc6ccccc6c54)c3)c3ccc4oc5cc6ccccc6cc5c4c3)c2)cc1. The molecule has 0 amide bonds. The minimum atomic E-state index is 0.888. The van der Waals surface area contributed by atoms with Gasteiger partial charge in [0.1, 0.15) is 11.2 Å². The summed E-state index contributed by atoms with van der Waals surface area (Å²) in [6.07, 6.45) is 0. The summed E-state index contributed by atoms with van der Waals surface area (Å²) in [6, 6.07) is 63.4. The Morgan fingerprint density at radius 1 is 0.312 bits per heavy atom. The van der Waals surface area contributed by atoms with Crippen LogP contribution in [-0.2, 0) is 0 Å². The summed E-state index contributed by atoms with van der Waals surface area (Å²) in [5.41, 5.74) is 7.44. The summed E-state index contributed by atoms with van der Waals surface area (Å²) < 4.78 is 6.40. The second-order valence-corrected chi connectivity index (χ2v) is 12.6. The van der Waals surface area contributed by atoms with Gasteiger partial charge >= 0.3 is 0 Å². The van der Waals surface area contributed by atoms with Crippen LogP contribution in [0.5, 0.6) is 0 Å². The number of anilines is 3. The van der Waals surface area contributed by atoms with Crippen LogP contribution < -0.4 is 4.90 Å². The summed E-state index contributed by atoms with van der Waals surface area (Å²) in [6.45, 7) is 0. The van der Waals surface area contributed by atoms with Gasteiger partial charge in [0, 0.05) is 27.8 Å². The Morgan fingerprint density at radius 3 is 1.81 bits per heavy atom. The van der Waals surface area contributed by atoms with Crippen molar-refractivity contribution in [1.82, 2.24) is 0 Å². The molecule has 2 heteroatoms. The molecule has 0 fully saturated rings. The van der Waals surface area contributed by atoms with E-state index < -0.39 is 0 Å². The molecule has 0 saturated carbocycles. The van der Waals surface area contributed by atoms with Crippen molar-refractivity contribution in [2.75, 3.05) is 4.90 Å². The van der Waals surface area contributed by atoms with E-state index in [-0.39, 0.29) is 0 Å². The molecule has 2 nitrogen and oxygen atoms in total. The molecule has 0 saturated heterocycles. The van der Waals surface area contributed by atoms with E-state index in [0.29, 0.717) is 0 Å². The second-order valence-electron chi connectivity index (χ2n) is 12.6. The molecule has 0 bridgehead atoms. The van der Waals surface area contributed by atoms with E-state index >= 15 is 0 Å². The first kappa shape index (κ1) is 26.8. The second kappa shape index (κ2) is 10.6. The molecule has 0 spiro atoms. The highest BCUT2D eigenvalue weighted by molar-refractivity contribution is 6.20. The Balaban J connectivity index is 1.21. The van der Waals surface area contributed by atoms with Crippen LogP contribution >= 0.6 is 0 Å². The maximum absolute atomic E-state index is 6.40. The van der Waals surface area contributed by atoms with Crippen molar-refractivity contribution in [3.8, 4) is 11.1 Å². The first-order valence-corrected chi connectivity index (χ1v) is 16.4. The van der Waals surface area contributed by atoms with Gasteiger partial charge in [0.2, 0.25) is 0 Å². The fourth-order valence-corrected chi connectivity index (χ4v) is 7.45. The Bertz CT molecular complexity index is 2850. The molecule has 10 rings (SSSR count). The largest absolute Gasteiger partial charge is 0.456 e. The van der Waals surface area contributed by atoms with Crippen molar-refractivity contribution in [2.45, 2.75) is 0 Å². The number of rotatable bonds is 4. The Kier molecular flexibility index (Phi) is 5.91. The number of fused-ring (bicyclic) bond motifs is 9. The number of benzene rings is 9. The molecule has 0 atom stereocenters. The van der Waals surface area contributed by atoms with Gasteiger partial charge in [0.15, 0.2) is 0 Å². The number of hydrogen-bond donors (Lipinski definition) is 0. The Morgan fingerprint density at radius 2 is 0.938 bits per heavy atom. The maximum atomic E-state index is 6.40. The quantitative estimate of drug-likeness (QED) is 0.184. The lowest BCUT2D eigenvalue weighted by atomic mass is 9.96. The van der Waals surface area contributed by atoms with Crippen LogP contribution in [0.15, 0.2) is 180 Å².